The first kappa shape index (κ1) is 10.9. The molecular weight excluding hydrogens is 200 g/mol. The predicted molar refractivity (Wildman–Crippen MR) is 58.2 cm³/mol. The van der Waals surface area contributed by atoms with Crippen LogP contribution < -0.4 is 5.73 Å². The van der Waals surface area contributed by atoms with Gasteiger partial charge in [-0.1, -0.05) is 25.4 Å². The standard InChI is InChI=1S/C10H13ClN2O/c1-5(2)6-3-7(10(12)13)9(14)8(11)4-6/h3-5,14H,1-2H3,(H3,12,13). The maximum Gasteiger partial charge on any atom is 0.145 e. The highest BCUT2D eigenvalue weighted by molar-refractivity contribution is 6.32. The topological polar surface area (TPSA) is 70.1 Å². The van der Waals surface area contributed by atoms with Crippen LogP contribution in [0.2, 0.25) is 5.02 Å². The first-order valence-electron chi connectivity index (χ1n) is 4.30. The zero-order chi connectivity index (χ0) is 10.9. The summed E-state index contributed by atoms with van der Waals surface area (Å²) in [6.45, 7) is 4.01. The lowest BCUT2D eigenvalue weighted by Gasteiger charge is -2.10. The third-order valence-electron chi connectivity index (χ3n) is 2.04. The molecule has 0 amide bonds. The van der Waals surface area contributed by atoms with Crippen LogP contribution in [0.25, 0.3) is 0 Å². The molecule has 3 nitrogen and oxygen atoms in total. The zero-order valence-corrected chi connectivity index (χ0v) is 8.89. The Morgan fingerprint density at radius 2 is 2.07 bits per heavy atom. The van der Waals surface area contributed by atoms with E-state index in [2.05, 4.69) is 0 Å². The van der Waals surface area contributed by atoms with Crippen molar-refractivity contribution >= 4 is 17.4 Å². The van der Waals surface area contributed by atoms with Crippen molar-refractivity contribution < 1.29 is 5.11 Å². The van der Waals surface area contributed by atoms with Crippen LogP contribution in [-0.4, -0.2) is 10.9 Å². The van der Waals surface area contributed by atoms with Crippen molar-refractivity contribution in [1.29, 1.82) is 5.41 Å². The Hall–Kier alpha value is -1.22. The second-order valence-electron chi connectivity index (χ2n) is 3.47. The molecule has 0 spiro atoms. The lowest BCUT2D eigenvalue weighted by atomic mass is 10.00. The summed E-state index contributed by atoms with van der Waals surface area (Å²) < 4.78 is 0. The summed E-state index contributed by atoms with van der Waals surface area (Å²) >= 11 is 5.80. The van der Waals surface area contributed by atoms with E-state index < -0.39 is 0 Å². The molecular formula is C10H13ClN2O. The summed E-state index contributed by atoms with van der Waals surface area (Å²) in [6, 6.07) is 3.38. The molecule has 1 aromatic carbocycles. The van der Waals surface area contributed by atoms with Gasteiger partial charge < -0.3 is 10.8 Å². The van der Waals surface area contributed by atoms with E-state index in [4.69, 9.17) is 22.7 Å². The molecule has 4 N–H and O–H groups in total. The predicted octanol–water partition coefficient (Wildman–Crippen LogP) is 2.45. The molecule has 0 bridgehead atoms. The molecule has 0 saturated heterocycles. The Morgan fingerprint density at radius 3 is 2.50 bits per heavy atom. The molecule has 76 valence electrons. The quantitative estimate of drug-likeness (QED) is 0.521. The van der Waals surface area contributed by atoms with Crippen molar-refractivity contribution in [3.63, 3.8) is 0 Å². The molecule has 0 atom stereocenters. The minimum absolute atomic E-state index is 0.122. The van der Waals surface area contributed by atoms with E-state index in [0.717, 1.165) is 5.56 Å². The summed E-state index contributed by atoms with van der Waals surface area (Å²) in [7, 11) is 0. The van der Waals surface area contributed by atoms with Gasteiger partial charge in [0.05, 0.1) is 10.6 Å². The van der Waals surface area contributed by atoms with Crippen molar-refractivity contribution in [2.24, 2.45) is 5.73 Å². The highest BCUT2D eigenvalue weighted by Crippen LogP contribution is 2.31. The van der Waals surface area contributed by atoms with Crippen LogP contribution in [0.4, 0.5) is 0 Å². The number of halogens is 1. The van der Waals surface area contributed by atoms with Crippen LogP contribution in [0.1, 0.15) is 30.9 Å². The zero-order valence-electron chi connectivity index (χ0n) is 8.13. The van der Waals surface area contributed by atoms with Gasteiger partial charge in [-0.25, -0.2) is 0 Å². The monoisotopic (exact) mass is 212 g/mol. The molecule has 0 heterocycles. The molecule has 0 aliphatic heterocycles. The lowest BCUT2D eigenvalue weighted by Crippen LogP contribution is -2.12. The number of phenols is 1. The smallest absolute Gasteiger partial charge is 0.145 e. The summed E-state index contributed by atoms with van der Waals surface area (Å²) in [5.74, 6) is -0.0123. The Morgan fingerprint density at radius 1 is 1.50 bits per heavy atom. The van der Waals surface area contributed by atoms with Gasteiger partial charge in [0, 0.05) is 0 Å². The fourth-order valence-corrected chi connectivity index (χ4v) is 1.39. The molecule has 1 aromatic rings. The van der Waals surface area contributed by atoms with E-state index in [1.165, 1.54) is 0 Å². The van der Waals surface area contributed by atoms with Crippen molar-refractivity contribution in [1.82, 2.24) is 0 Å². The van der Waals surface area contributed by atoms with E-state index >= 15 is 0 Å². The fourth-order valence-electron chi connectivity index (χ4n) is 1.16. The largest absolute Gasteiger partial charge is 0.506 e. The fraction of sp³-hybridized carbons (Fsp3) is 0.300. The lowest BCUT2D eigenvalue weighted by molar-refractivity contribution is 0.474. The summed E-state index contributed by atoms with van der Waals surface area (Å²) in [5.41, 5.74) is 6.57. The highest BCUT2D eigenvalue weighted by atomic mass is 35.5. The van der Waals surface area contributed by atoms with E-state index in [1.54, 1.807) is 12.1 Å². The van der Waals surface area contributed by atoms with Crippen molar-refractivity contribution in [3.8, 4) is 5.75 Å². The second-order valence-corrected chi connectivity index (χ2v) is 3.87. The minimum Gasteiger partial charge on any atom is -0.506 e. The number of amidine groups is 1. The Balaban J connectivity index is 3.35. The molecule has 0 saturated carbocycles. The highest BCUT2D eigenvalue weighted by Gasteiger charge is 2.12. The van der Waals surface area contributed by atoms with Gasteiger partial charge >= 0.3 is 0 Å². The average Bonchev–Trinajstić information content (AvgIpc) is 2.08. The molecule has 0 aromatic heterocycles. The van der Waals surface area contributed by atoms with Gasteiger partial charge in [0.25, 0.3) is 0 Å². The summed E-state index contributed by atoms with van der Waals surface area (Å²) in [4.78, 5) is 0. The number of nitrogen functional groups attached to an aromatic ring is 1. The molecule has 0 aliphatic carbocycles. The minimum atomic E-state index is -0.174. The average molecular weight is 213 g/mol. The second kappa shape index (κ2) is 3.88. The van der Waals surface area contributed by atoms with Crippen LogP contribution >= 0.6 is 11.6 Å². The van der Waals surface area contributed by atoms with Gasteiger partial charge in [-0.05, 0) is 23.6 Å². The third kappa shape index (κ3) is 1.99. The van der Waals surface area contributed by atoms with Crippen molar-refractivity contribution in [2.45, 2.75) is 19.8 Å². The van der Waals surface area contributed by atoms with Crippen LogP contribution in [0.5, 0.6) is 5.75 Å². The number of hydrogen-bond acceptors (Lipinski definition) is 2. The number of hydrogen-bond donors (Lipinski definition) is 3. The first-order valence-corrected chi connectivity index (χ1v) is 4.68. The Labute approximate surface area is 88.0 Å². The molecule has 14 heavy (non-hydrogen) atoms. The van der Waals surface area contributed by atoms with Crippen LogP contribution in [-0.2, 0) is 0 Å². The van der Waals surface area contributed by atoms with Gasteiger partial charge in [-0.15, -0.1) is 0 Å². The SMILES string of the molecule is CC(C)c1cc(Cl)c(O)c(C(=N)N)c1. The Bertz CT molecular complexity index is 375. The number of benzene rings is 1. The van der Waals surface area contributed by atoms with Gasteiger partial charge in [-0.3, -0.25) is 5.41 Å². The van der Waals surface area contributed by atoms with Crippen LogP contribution in [0, 0.1) is 5.41 Å². The summed E-state index contributed by atoms with van der Waals surface area (Å²) in [6.07, 6.45) is 0. The number of aromatic hydroxyl groups is 1. The maximum absolute atomic E-state index is 9.52. The van der Waals surface area contributed by atoms with E-state index in [0.29, 0.717) is 5.56 Å². The molecule has 0 radical (unpaired) electrons. The van der Waals surface area contributed by atoms with Crippen molar-refractivity contribution in [3.05, 3.63) is 28.3 Å². The maximum atomic E-state index is 9.52. The molecule has 0 fully saturated rings. The van der Waals surface area contributed by atoms with Crippen LogP contribution in [0.3, 0.4) is 0 Å². The van der Waals surface area contributed by atoms with Gasteiger partial charge in [-0.2, -0.15) is 0 Å². The number of nitrogens with one attached hydrogen (secondary N) is 1. The number of rotatable bonds is 2. The van der Waals surface area contributed by atoms with Crippen LogP contribution in [0.15, 0.2) is 12.1 Å². The van der Waals surface area contributed by atoms with E-state index in [9.17, 15) is 5.11 Å². The molecule has 4 heteroatoms. The van der Waals surface area contributed by atoms with E-state index in [1.807, 2.05) is 13.8 Å². The molecule has 0 aliphatic rings. The molecule has 0 unspecified atom stereocenters. The van der Waals surface area contributed by atoms with Crippen molar-refractivity contribution in [2.75, 3.05) is 0 Å². The normalized spacial score (nSPS) is 10.6. The first-order chi connectivity index (χ1) is 6.43. The van der Waals surface area contributed by atoms with Gasteiger partial charge in [0.1, 0.15) is 11.6 Å². The molecule has 1 rings (SSSR count). The Kier molecular flexibility index (Phi) is 3.01. The number of phenolic OH excluding ortho intramolecular Hbond substituents is 1. The van der Waals surface area contributed by atoms with Gasteiger partial charge in [0.2, 0.25) is 0 Å². The third-order valence-corrected chi connectivity index (χ3v) is 2.33. The number of nitrogens with two attached hydrogens (primary N) is 1. The van der Waals surface area contributed by atoms with E-state index in [-0.39, 0.29) is 22.5 Å². The summed E-state index contributed by atoms with van der Waals surface area (Å²) in [5, 5.41) is 17.0. The van der Waals surface area contributed by atoms with Gasteiger partial charge in [0.15, 0.2) is 0 Å².